The maximum Gasteiger partial charge on any atom is 0.276 e. The smallest absolute Gasteiger partial charge is 0.276 e. The maximum atomic E-state index is 12.5. The van der Waals surface area contributed by atoms with Crippen molar-refractivity contribution in [2.45, 2.75) is 38.6 Å². The minimum absolute atomic E-state index is 0.214. The fourth-order valence-corrected chi connectivity index (χ4v) is 2.93. The summed E-state index contributed by atoms with van der Waals surface area (Å²) < 4.78 is 7.66. The molecule has 2 aromatic rings. The predicted octanol–water partition coefficient (Wildman–Crippen LogP) is 3.24. The molecule has 0 radical (unpaired) electrons. The lowest BCUT2D eigenvalue weighted by Crippen LogP contribution is -2.32. The molecule has 6 nitrogen and oxygen atoms in total. The highest BCUT2D eigenvalue weighted by Crippen LogP contribution is 2.24. The number of anilines is 1. The summed E-state index contributed by atoms with van der Waals surface area (Å²) in [6, 6.07) is 9.60. The molecule has 134 valence electrons. The third-order valence-corrected chi connectivity index (χ3v) is 4.38. The van der Waals surface area contributed by atoms with Crippen LogP contribution in [0, 0.1) is 0 Å². The molecule has 0 bridgehead atoms. The highest BCUT2D eigenvalue weighted by atomic mass is 16.5. The van der Waals surface area contributed by atoms with Crippen LogP contribution in [0.5, 0.6) is 5.75 Å². The Labute approximate surface area is 148 Å². The summed E-state index contributed by atoms with van der Waals surface area (Å²) >= 11 is 0. The Balaban J connectivity index is 1.65. The predicted molar refractivity (Wildman–Crippen MR) is 98.2 cm³/mol. The van der Waals surface area contributed by atoms with E-state index >= 15 is 0 Å². The number of piperidine rings is 1. The van der Waals surface area contributed by atoms with Gasteiger partial charge in [0.2, 0.25) is 0 Å². The van der Waals surface area contributed by atoms with Gasteiger partial charge in [-0.2, -0.15) is 5.10 Å². The zero-order valence-electron chi connectivity index (χ0n) is 14.7. The van der Waals surface area contributed by atoms with Crippen molar-refractivity contribution < 1.29 is 9.53 Å². The van der Waals surface area contributed by atoms with Crippen molar-refractivity contribution in [3.8, 4) is 5.75 Å². The van der Waals surface area contributed by atoms with E-state index in [1.807, 2.05) is 35.1 Å². The summed E-state index contributed by atoms with van der Waals surface area (Å²) in [7, 11) is 0. The van der Waals surface area contributed by atoms with E-state index in [-0.39, 0.29) is 5.91 Å². The number of ether oxygens (including phenoxy) is 1. The summed E-state index contributed by atoms with van der Waals surface area (Å²) in [5, 5.41) is 10.7. The average molecular weight is 342 g/mol. The van der Waals surface area contributed by atoms with Gasteiger partial charge in [0.15, 0.2) is 5.69 Å². The van der Waals surface area contributed by atoms with E-state index in [2.05, 4.69) is 22.7 Å². The van der Waals surface area contributed by atoms with Gasteiger partial charge in [-0.3, -0.25) is 9.48 Å². The van der Waals surface area contributed by atoms with Crippen LogP contribution in [0.15, 0.2) is 36.5 Å². The van der Waals surface area contributed by atoms with E-state index in [1.165, 1.54) is 0 Å². The first-order valence-corrected chi connectivity index (χ1v) is 9.07. The number of carbonyl (C=O) groups is 1. The number of amides is 1. The number of nitrogens with one attached hydrogen (secondary N) is 2. The second-order valence-electron chi connectivity index (χ2n) is 6.33. The van der Waals surface area contributed by atoms with Crippen molar-refractivity contribution in [2.24, 2.45) is 0 Å². The molecule has 2 N–H and O–H groups in total. The molecule has 0 saturated carbocycles. The fraction of sp³-hybridized carbons (Fsp3) is 0.474. The van der Waals surface area contributed by atoms with Crippen molar-refractivity contribution in [1.82, 2.24) is 15.1 Å². The molecule has 0 aliphatic carbocycles. The van der Waals surface area contributed by atoms with Gasteiger partial charge in [0.1, 0.15) is 5.75 Å². The highest BCUT2D eigenvalue weighted by molar-refractivity contribution is 6.03. The molecule has 25 heavy (non-hydrogen) atoms. The lowest BCUT2D eigenvalue weighted by atomic mass is 10.1. The molecule has 6 heteroatoms. The van der Waals surface area contributed by atoms with Crippen molar-refractivity contribution in [2.75, 3.05) is 25.0 Å². The van der Waals surface area contributed by atoms with Gasteiger partial charge in [0.25, 0.3) is 5.91 Å². The van der Waals surface area contributed by atoms with Gasteiger partial charge in [0, 0.05) is 12.7 Å². The van der Waals surface area contributed by atoms with Gasteiger partial charge >= 0.3 is 0 Å². The molecule has 2 heterocycles. The van der Waals surface area contributed by atoms with E-state index in [9.17, 15) is 4.79 Å². The van der Waals surface area contributed by atoms with Crippen LogP contribution in [0.1, 0.15) is 49.1 Å². The summed E-state index contributed by atoms with van der Waals surface area (Å²) in [6.07, 6.45) is 6.17. The summed E-state index contributed by atoms with van der Waals surface area (Å²) in [5.74, 6) is 0.481. The van der Waals surface area contributed by atoms with E-state index < -0.39 is 0 Å². The van der Waals surface area contributed by atoms with Crippen molar-refractivity contribution >= 4 is 11.6 Å². The molecule has 3 rings (SSSR count). The lowest BCUT2D eigenvalue weighted by Gasteiger charge is -2.22. The number of hydrogen-bond donors (Lipinski definition) is 2. The minimum Gasteiger partial charge on any atom is -0.491 e. The zero-order valence-corrected chi connectivity index (χ0v) is 14.7. The largest absolute Gasteiger partial charge is 0.491 e. The Bertz CT molecular complexity index is 692. The number of nitrogens with zero attached hydrogens (tertiary/aromatic N) is 2. The van der Waals surface area contributed by atoms with Gasteiger partial charge in [-0.25, -0.2) is 0 Å². The zero-order chi connectivity index (χ0) is 17.5. The average Bonchev–Trinajstić information content (AvgIpc) is 3.14. The molecule has 1 atom stereocenters. The summed E-state index contributed by atoms with van der Waals surface area (Å²) in [5.41, 5.74) is 1.10. The van der Waals surface area contributed by atoms with Gasteiger partial charge in [-0.1, -0.05) is 25.5 Å². The van der Waals surface area contributed by atoms with Gasteiger partial charge in [-0.05, 0) is 44.0 Å². The van der Waals surface area contributed by atoms with Gasteiger partial charge < -0.3 is 15.4 Å². The molecule has 1 aromatic heterocycles. The minimum atomic E-state index is -0.214. The summed E-state index contributed by atoms with van der Waals surface area (Å²) in [4.78, 5) is 12.5. The van der Waals surface area contributed by atoms with Crippen molar-refractivity contribution in [3.63, 3.8) is 0 Å². The molecule has 1 aliphatic heterocycles. The molecule has 1 unspecified atom stereocenters. The molecule has 1 fully saturated rings. The van der Waals surface area contributed by atoms with Crippen LogP contribution >= 0.6 is 0 Å². The number of carbonyl (C=O) groups excluding carboxylic acids is 1. The Morgan fingerprint density at radius 3 is 3.08 bits per heavy atom. The molecule has 0 spiro atoms. The second-order valence-corrected chi connectivity index (χ2v) is 6.33. The molecule has 1 saturated heterocycles. The van der Waals surface area contributed by atoms with Crippen LogP contribution in [-0.4, -0.2) is 35.4 Å². The number of hydrogen-bond acceptors (Lipinski definition) is 4. The lowest BCUT2D eigenvalue weighted by molar-refractivity contribution is 0.102. The quantitative estimate of drug-likeness (QED) is 0.758. The third-order valence-electron chi connectivity index (χ3n) is 4.38. The summed E-state index contributed by atoms with van der Waals surface area (Å²) in [6.45, 7) is 4.72. The molecule has 1 aliphatic rings. The Kier molecular flexibility index (Phi) is 6.06. The SMILES string of the molecule is CCCCOc1ccccc1NC(=O)c1ccn(C2CCCNC2)n1. The fourth-order valence-electron chi connectivity index (χ4n) is 2.93. The van der Waals surface area contributed by atoms with Crippen LogP contribution in [0.4, 0.5) is 5.69 Å². The first-order chi connectivity index (χ1) is 12.3. The maximum absolute atomic E-state index is 12.5. The number of unbranched alkanes of at least 4 members (excludes halogenated alkanes) is 1. The van der Waals surface area contributed by atoms with Crippen LogP contribution in [0.3, 0.4) is 0 Å². The van der Waals surface area contributed by atoms with Crippen LogP contribution in [0.2, 0.25) is 0 Å². The second kappa shape index (κ2) is 8.67. The van der Waals surface area contributed by atoms with E-state index in [0.717, 1.165) is 38.8 Å². The molecular weight excluding hydrogens is 316 g/mol. The number of benzene rings is 1. The molecule has 1 aromatic carbocycles. The monoisotopic (exact) mass is 342 g/mol. The Morgan fingerprint density at radius 1 is 1.40 bits per heavy atom. The normalized spacial score (nSPS) is 17.2. The van der Waals surface area contributed by atoms with Crippen LogP contribution < -0.4 is 15.4 Å². The standard InChI is InChI=1S/C19H26N4O2/c1-2-3-13-25-18-9-5-4-8-16(18)21-19(24)17-10-12-23(22-17)15-7-6-11-20-14-15/h4-5,8-10,12,15,20H,2-3,6-7,11,13-14H2,1H3,(H,21,24). The first-order valence-electron chi connectivity index (χ1n) is 9.07. The number of aromatic nitrogens is 2. The molecular formula is C19H26N4O2. The Hall–Kier alpha value is -2.34. The molecule has 1 amide bonds. The Morgan fingerprint density at radius 2 is 2.28 bits per heavy atom. The topological polar surface area (TPSA) is 68.2 Å². The van der Waals surface area contributed by atoms with Crippen molar-refractivity contribution in [3.05, 3.63) is 42.2 Å². The first kappa shape index (κ1) is 17.5. The van der Waals surface area contributed by atoms with E-state index in [0.29, 0.717) is 29.8 Å². The van der Waals surface area contributed by atoms with E-state index in [4.69, 9.17) is 4.74 Å². The third kappa shape index (κ3) is 4.60. The van der Waals surface area contributed by atoms with Crippen LogP contribution in [-0.2, 0) is 0 Å². The van der Waals surface area contributed by atoms with Crippen LogP contribution in [0.25, 0.3) is 0 Å². The van der Waals surface area contributed by atoms with E-state index in [1.54, 1.807) is 6.07 Å². The highest BCUT2D eigenvalue weighted by Gasteiger charge is 2.18. The number of rotatable bonds is 7. The van der Waals surface area contributed by atoms with Crippen molar-refractivity contribution in [1.29, 1.82) is 0 Å². The van der Waals surface area contributed by atoms with Gasteiger partial charge in [0.05, 0.1) is 18.3 Å². The van der Waals surface area contributed by atoms with Gasteiger partial charge in [-0.15, -0.1) is 0 Å². The number of para-hydroxylation sites is 2.